The maximum atomic E-state index is 5.67. The SMILES string of the molecule is CCCCC(CC)CNc1nc(N)nc(OC(C)C)n1. The van der Waals surface area contributed by atoms with Gasteiger partial charge in [-0.1, -0.05) is 33.1 Å². The number of hydrogen-bond acceptors (Lipinski definition) is 6. The highest BCUT2D eigenvalue weighted by atomic mass is 16.5. The van der Waals surface area contributed by atoms with Crippen LogP contribution in [-0.4, -0.2) is 27.6 Å². The molecule has 0 spiro atoms. The van der Waals surface area contributed by atoms with Gasteiger partial charge in [0.25, 0.3) is 0 Å². The third-order valence-corrected chi connectivity index (χ3v) is 3.07. The van der Waals surface area contributed by atoms with Crippen molar-refractivity contribution in [3.63, 3.8) is 0 Å². The lowest BCUT2D eigenvalue weighted by atomic mass is 9.99. The second kappa shape index (κ2) is 8.55. The average molecular weight is 281 g/mol. The molecule has 1 atom stereocenters. The quantitative estimate of drug-likeness (QED) is 0.724. The Balaban J connectivity index is 2.59. The minimum absolute atomic E-state index is 0.0117. The van der Waals surface area contributed by atoms with Crippen molar-refractivity contribution in [2.45, 2.75) is 59.5 Å². The van der Waals surface area contributed by atoms with Gasteiger partial charge in [0.1, 0.15) is 0 Å². The monoisotopic (exact) mass is 281 g/mol. The maximum Gasteiger partial charge on any atom is 0.323 e. The predicted octanol–water partition coefficient (Wildman–Crippen LogP) is 2.87. The Labute approximate surface area is 121 Å². The van der Waals surface area contributed by atoms with Crippen LogP contribution in [-0.2, 0) is 0 Å². The van der Waals surface area contributed by atoms with Gasteiger partial charge >= 0.3 is 6.01 Å². The highest BCUT2D eigenvalue weighted by Gasteiger charge is 2.10. The number of unbranched alkanes of at least 4 members (excludes halogenated alkanes) is 1. The molecule has 1 rings (SSSR count). The van der Waals surface area contributed by atoms with Crippen molar-refractivity contribution in [2.24, 2.45) is 5.92 Å². The van der Waals surface area contributed by atoms with Crippen molar-refractivity contribution in [3.8, 4) is 6.01 Å². The molecule has 1 aromatic heterocycles. The van der Waals surface area contributed by atoms with Crippen molar-refractivity contribution in [3.05, 3.63) is 0 Å². The Hall–Kier alpha value is -1.59. The zero-order chi connectivity index (χ0) is 15.0. The molecule has 0 fully saturated rings. The first-order valence-electron chi connectivity index (χ1n) is 7.47. The number of ether oxygens (including phenoxy) is 1. The van der Waals surface area contributed by atoms with Crippen molar-refractivity contribution in [1.29, 1.82) is 0 Å². The van der Waals surface area contributed by atoms with Crippen molar-refractivity contribution in [1.82, 2.24) is 15.0 Å². The molecule has 0 radical (unpaired) electrons. The zero-order valence-corrected chi connectivity index (χ0v) is 13.0. The van der Waals surface area contributed by atoms with E-state index in [0.717, 1.165) is 13.0 Å². The topological polar surface area (TPSA) is 86.0 Å². The molecule has 0 amide bonds. The van der Waals surface area contributed by atoms with E-state index in [1.165, 1.54) is 19.3 Å². The van der Waals surface area contributed by atoms with Gasteiger partial charge in [0.2, 0.25) is 11.9 Å². The fourth-order valence-corrected chi connectivity index (χ4v) is 1.89. The van der Waals surface area contributed by atoms with Crippen LogP contribution < -0.4 is 15.8 Å². The molecular weight excluding hydrogens is 254 g/mol. The molecule has 20 heavy (non-hydrogen) atoms. The lowest BCUT2D eigenvalue weighted by Gasteiger charge is -2.15. The standard InChI is InChI=1S/C14H27N5O/c1-5-7-8-11(6-2)9-16-13-17-12(15)18-14(19-13)20-10(3)4/h10-11H,5-9H2,1-4H3,(H3,15,16,17,18,19). The van der Waals surface area contributed by atoms with E-state index in [1.807, 2.05) is 13.8 Å². The fraction of sp³-hybridized carbons (Fsp3) is 0.786. The molecule has 0 bridgehead atoms. The number of nitrogens with two attached hydrogens (primary N) is 1. The Kier molecular flexibility index (Phi) is 7.04. The van der Waals surface area contributed by atoms with E-state index in [-0.39, 0.29) is 18.1 Å². The second-order valence-electron chi connectivity index (χ2n) is 5.26. The van der Waals surface area contributed by atoms with Crippen molar-refractivity contribution >= 4 is 11.9 Å². The fourth-order valence-electron chi connectivity index (χ4n) is 1.89. The highest BCUT2D eigenvalue weighted by Crippen LogP contribution is 2.15. The lowest BCUT2D eigenvalue weighted by Crippen LogP contribution is -2.17. The van der Waals surface area contributed by atoms with Gasteiger partial charge in [-0.3, -0.25) is 0 Å². The third-order valence-electron chi connectivity index (χ3n) is 3.07. The molecule has 0 aliphatic carbocycles. The molecule has 1 heterocycles. The molecule has 6 heteroatoms. The number of nitrogens with zero attached hydrogens (tertiary/aromatic N) is 3. The molecule has 0 aromatic carbocycles. The number of anilines is 2. The molecule has 0 saturated heterocycles. The molecule has 3 N–H and O–H groups in total. The molecule has 114 valence electrons. The van der Waals surface area contributed by atoms with E-state index < -0.39 is 0 Å². The second-order valence-corrected chi connectivity index (χ2v) is 5.26. The molecule has 1 unspecified atom stereocenters. The Morgan fingerprint density at radius 2 is 1.95 bits per heavy atom. The normalized spacial score (nSPS) is 12.4. The Bertz CT molecular complexity index is 397. The smallest absolute Gasteiger partial charge is 0.323 e. The first-order chi connectivity index (χ1) is 9.55. The summed E-state index contributed by atoms with van der Waals surface area (Å²) in [5.41, 5.74) is 5.67. The number of nitrogens with one attached hydrogen (secondary N) is 1. The van der Waals surface area contributed by atoms with Crippen LogP contribution >= 0.6 is 0 Å². The van der Waals surface area contributed by atoms with Gasteiger partial charge in [-0.15, -0.1) is 0 Å². The summed E-state index contributed by atoms with van der Waals surface area (Å²) in [6.07, 6.45) is 4.85. The van der Waals surface area contributed by atoms with Gasteiger partial charge in [0, 0.05) is 6.54 Å². The van der Waals surface area contributed by atoms with Gasteiger partial charge in [-0.2, -0.15) is 15.0 Å². The van der Waals surface area contributed by atoms with Gasteiger partial charge in [-0.05, 0) is 26.2 Å². The number of nitrogen functional groups attached to an aromatic ring is 1. The summed E-state index contributed by atoms with van der Waals surface area (Å²) >= 11 is 0. The zero-order valence-electron chi connectivity index (χ0n) is 13.0. The molecule has 0 aliphatic heterocycles. The molecule has 0 aliphatic rings. The molecule has 6 nitrogen and oxygen atoms in total. The van der Waals surface area contributed by atoms with E-state index >= 15 is 0 Å². The molecule has 0 saturated carbocycles. The minimum atomic E-state index is 0.0117. The molecule has 1 aromatic rings. The summed E-state index contributed by atoms with van der Waals surface area (Å²) in [4.78, 5) is 12.3. The van der Waals surface area contributed by atoms with Crippen LogP contribution in [0.2, 0.25) is 0 Å². The predicted molar refractivity (Wildman–Crippen MR) is 81.8 cm³/mol. The largest absolute Gasteiger partial charge is 0.461 e. The first-order valence-corrected chi connectivity index (χ1v) is 7.47. The van der Waals surface area contributed by atoms with Crippen LogP contribution in [0.4, 0.5) is 11.9 Å². The van der Waals surface area contributed by atoms with Crippen LogP contribution in [0.15, 0.2) is 0 Å². The maximum absolute atomic E-state index is 5.67. The first kappa shape index (κ1) is 16.5. The van der Waals surface area contributed by atoms with Gasteiger partial charge in [0.15, 0.2) is 0 Å². The number of aromatic nitrogens is 3. The van der Waals surface area contributed by atoms with Crippen LogP contribution in [0.5, 0.6) is 6.01 Å². The third kappa shape index (κ3) is 6.04. The molecular formula is C14H27N5O. The van der Waals surface area contributed by atoms with E-state index in [1.54, 1.807) is 0 Å². The van der Waals surface area contributed by atoms with Gasteiger partial charge in [0.05, 0.1) is 6.10 Å². The van der Waals surface area contributed by atoms with E-state index in [2.05, 4.69) is 34.1 Å². The Morgan fingerprint density at radius 3 is 2.55 bits per heavy atom. The van der Waals surface area contributed by atoms with Crippen molar-refractivity contribution in [2.75, 3.05) is 17.6 Å². The average Bonchev–Trinajstić information content (AvgIpc) is 2.37. The van der Waals surface area contributed by atoms with Crippen molar-refractivity contribution < 1.29 is 4.74 Å². The summed E-state index contributed by atoms with van der Waals surface area (Å²) in [7, 11) is 0. The number of rotatable bonds is 9. The minimum Gasteiger partial charge on any atom is -0.461 e. The summed E-state index contributed by atoms with van der Waals surface area (Å²) in [5, 5.41) is 3.24. The van der Waals surface area contributed by atoms with Gasteiger partial charge in [-0.25, -0.2) is 0 Å². The lowest BCUT2D eigenvalue weighted by molar-refractivity contribution is 0.222. The Morgan fingerprint density at radius 1 is 1.20 bits per heavy atom. The number of hydrogen-bond donors (Lipinski definition) is 2. The summed E-state index contributed by atoms with van der Waals surface area (Å²) in [5.74, 6) is 1.30. The van der Waals surface area contributed by atoms with Crippen LogP contribution in [0.3, 0.4) is 0 Å². The highest BCUT2D eigenvalue weighted by molar-refractivity contribution is 5.32. The summed E-state index contributed by atoms with van der Waals surface area (Å²) in [6, 6.07) is 0.275. The van der Waals surface area contributed by atoms with E-state index in [4.69, 9.17) is 10.5 Å². The van der Waals surface area contributed by atoms with Gasteiger partial charge < -0.3 is 15.8 Å². The van der Waals surface area contributed by atoms with Crippen LogP contribution in [0.1, 0.15) is 53.4 Å². The van der Waals surface area contributed by atoms with E-state index in [0.29, 0.717) is 11.9 Å². The summed E-state index contributed by atoms with van der Waals surface area (Å²) in [6.45, 7) is 9.11. The van der Waals surface area contributed by atoms with E-state index in [9.17, 15) is 0 Å². The van der Waals surface area contributed by atoms with Crippen LogP contribution in [0.25, 0.3) is 0 Å². The summed E-state index contributed by atoms with van der Waals surface area (Å²) < 4.78 is 5.45. The van der Waals surface area contributed by atoms with Crippen LogP contribution in [0, 0.1) is 5.92 Å².